The van der Waals surface area contributed by atoms with Gasteiger partial charge < -0.3 is 0 Å². The predicted octanol–water partition coefficient (Wildman–Crippen LogP) is 2.45. The highest BCUT2D eigenvalue weighted by Crippen LogP contribution is 2.35. The molecule has 0 unspecified atom stereocenters. The van der Waals surface area contributed by atoms with E-state index < -0.39 is 0 Å². The highest BCUT2D eigenvalue weighted by molar-refractivity contribution is 9.10. The fourth-order valence-electron chi connectivity index (χ4n) is 1.41. The molecule has 76 valence electrons. The second-order valence-electron chi connectivity index (χ2n) is 4.06. The Morgan fingerprint density at radius 1 is 1.50 bits per heavy atom. The standard InChI is InChI=1S/C9H12BrN3O/c1-9(2,3)7-6(10)8(11-5-14)12-13(7)4/h1-4H3. The topological polar surface area (TPSA) is 47.2 Å². The minimum Gasteiger partial charge on any atom is -0.269 e. The van der Waals surface area contributed by atoms with E-state index in [-0.39, 0.29) is 5.41 Å². The molecule has 0 bridgehead atoms. The zero-order valence-electron chi connectivity index (χ0n) is 8.63. The van der Waals surface area contributed by atoms with Crippen molar-refractivity contribution >= 4 is 27.8 Å². The summed E-state index contributed by atoms with van der Waals surface area (Å²) in [4.78, 5) is 13.7. The van der Waals surface area contributed by atoms with E-state index in [4.69, 9.17) is 0 Å². The second kappa shape index (κ2) is 3.67. The monoisotopic (exact) mass is 257 g/mol. The van der Waals surface area contributed by atoms with Crippen molar-refractivity contribution < 1.29 is 4.79 Å². The molecule has 4 nitrogen and oxygen atoms in total. The van der Waals surface area contributed by atoms with Gasteiger partial charge in [-0.25, -0.2) is 4.79 Å². The molecule has 0 aromatic carbocycles. The molecule has 0 radical (unpaired) electrons. The van der Waals surface area contributed by atoms with Crippen molar-refractivity contribution in [2.24, 2.45) is 12.0 Å². The summed E-state index contributed by atoms with van der Waals surface area (Å²) in [5.41, 5.74) is 0.962. The Bertz CT molecular complexity index is 397. The molecule has 0 aliphatic carbocycles. The molecule has 14 heavy (non-hydrogen) atoms. The Kier molecular flexibility index (Phi) is 2.92. The molecule has 0 fully saturated rings. The summed E-state index contributed by atoms with van der Waals surface area (Å²) in [5.74, 6) is 0.382. The number of hydrogen-bond acceptors (Lipinski definition) is 3. The van der Waals surface area contributed by atoms with Gasteiger partial charge in [-0.15, -0.1) is 4.99 Å². The minimum absolute atomic E-state index is 0.0444. The summed E-state index contributed by atoms with van der Waals surface area (Å²) in [6.45, 7) is 6.22. The molecule has 0 N–H and O–H groups in total. The number of rotatable bonds is 1. The van der Waals surface area contributed by atoms with Crippen LogP contribution in [0.3, 0.4) is 0 Å². The summed E-state index contributed by atoms with van der Waals surface area (Å²) in [6, 6.07) is 0. The average molecular weight is 258 g/mol. The van der Waals surface area contributed by atoms with Crippen LogP contribution in [0.15, 0.2) is 9.47 Å². The Hall–Kier alpha value is -0.930. The van der Waals surface area contributed by atoms with E-state index in [1.165, 1.54) is 6.08 Å². The van der Waals surface area contributed by atoms with E-state index in [9.17, 15) is 4.79 Å². The molecular weight excluding hydrogens is 246 g/mol. The maximum absolute atomic E-state index is 10.1. The highest BCUT2D eigenvalue weighted by Gasteiger charge is 2.24. The minimum atomic E-state index is -0.0444. The normalized spacial score (nSPS) is 11.2. The van der Waals surface area contributed by atoms with Gasteiger partial charge in [0.25, 0.3) is 0 Å². The van der Waals surface area contributed by atoms with Crippen molar-refractivity contribution in [3.63, 3.8) is 0 Å². The van der Waals surface area contributed by atoms with Crippen LogP contribution in [-0.2, 0) is 17.3 Å². The summed E-state index contributed by atoms with van der Waals surface area (Å²) < 4.78 is 2.48. The summed E-state index contributed by atoms with van der Waals surface area (Å²) in [6.07, 6.45) is 1.49. The highest BCUT2D eigenvalue weighted by atomic mass is 79.9. The lowest BCUT2D eigenvalue weighted by Gasteiger charge is -2.18. The van der Waals surface area contributed by atoms with Crippen molar-refractivity contribution in [2.45, 2.75) is 26.2 Å². The number of aliphatic imine (C=N–C) groups is 1. The van der Waals surface area contributed by atoms with Gasteiger partial charge in [-0.3, -0.25) is 4.68 Å². The first-order valence-corrected chi connectivity index (χ1v) is 4.98. The van der Waals surface area contributed by atoms with Crippen molar-refractivity contribution in [3.05, 3.63) is 10.2 Å². The van der Waals surface area contributed by atoms with Gasteiger partial charge in [-0.1, -0.05) is 20.8 Å². The average Bonchev–Trinajstić information content (AvgIpc) is 2.26. The molecule has 0 saturated carbocycles. The molecule has 0 spiro atoms. The number of hydrogen-bond donors (Lipinski definition) is 0. The summed E-state index contributed by atoms with van der Waals surface area (Å²) in [7, 11) is 1.83. The third kappa shape index (κ3) is 1.94. The van der Waals surface area contributed by atoms with Gasteiger partial charge in [-0.05, 0) is 15.9 Å². The second-order valence-corrected chi connectivity index (χ2v) is 4.86. The van der Waals surface area contributed by atoms with Crippen LogP contribution in [0.4, 0.5) is 5.82 Å². The fourth-order valence-corrected chi connectivity index (χ4v) is 2.43. The fraction of sp³-hybridized carbons (Fsp3) is 0.556. The van der Waals surface area contributed by atoms with E-state index in [2.05, 4.69) is 46.8 Å². The van der Waals surface area contributed by atoms with Crippen molar-refractivity contribution in [2.75, 3.05) is 0 Å². The molecule has 0 atom stereocenters. The Morgan fingerprint density at radius 3 is 2.43 bits per heavy atom. The molecule has 0 aliphatic rings. The van der Waals surface area contributed by atoms with Crippen LogP contribution in [-0.4, -0.2) is 15.9 Å². The van der Waals surface area contributed by atoms with Gasteiger partial charge in [0.2, 0.25) is 11.9 Å². The van der Waals surface area contributed by atoms with Gasteiger partial charge in [-0.2, -0.15) is 5.10 Å². The SMILES string of the molecule is Cn1nc(N=C=O)c(Br)c1C(C)(C)C. The molecule has 0 aliphatic heterocycles. The lowest BCUT2D eigenvalue weighted by molar-refractivity contribution is 0.521. The van der Waals surface area contributed by atoms with Crippen molar-refractivity contribution in [3.8, 4) is 0 Å². The zero-order valence-corrected chi connectivity index (χ0v) is 10.2. The molecular formula is C9H12BrN3O. The van der Waals surface area contributed by atoms with Crippen LogP contribution in [0.1, 0.15) is 26.5 Å². The maximum Gasteiger partial charge on any atom is 0.242 e. The predicted molar refractivity (Wildman–Crippen MR) is 57.4 cm³/mol. The van der Waals surface area contributed by atoms with Crippen molar-refractivity contribution in [1.82, 2.24) is 9.78 Å². The van der Waals surface area contributed by atoms with Crippen LogP contribution < -0.4 is 0 Å². The number of isocyanates is 1. The molecule has 0 amide bonds. The number of carbonyl (C=O) groups excluding carboxylic acids is 1. The van der Waals surface area contributed by atoms with Crippen LogP contribution >= 0.6 is 15.9 Å². The first-order valence-electron chi connectivity index (χ1n) is 4.18. The number of halogens is 1. The van der Waals surface area contributed by atoms with Crippen LogP contribution in [0.2, 0.25) is 0 Å². The quantitative estimate of drug-likeness (QED) is 0.573. The molecule has 1 aromatic rings. The molecule has 5 heteroatoms. The van der Waals surface area contributed by atoms with Gasteiger partial charge >= 0.3 is 0 Å². The maximum atomic E-state index is 10.1. The van der Waals surface area contributed by atoms with E-state index in [0.717, 1.165) is 10.2 Å². The molecule has 1 heterocycles. The van der Waals surface area contributed by atoms with E-state index in [1.54, 1.807) is 4.68 Å². The zero-order chi connectivity index (χ0) is 10.9. The van der Waals surface area contributed by atoms with E-state index >= 15 is 0 Å². The van der Waals surface area contributed by atoms with Gasteiger partial charge in [0.05, 0.1) is 10.2 Å². The van der Waals surface area contributed by atoms with Crippen LogP contribution in [0.25, 0.3) is 0 Å². The van der Waals surface area contributed by atoms with Crippen LogP contribution in [0, 0.1) is 0 Å². The lowest BCUT2D eigenvalue weighted by atomic mass is 9.92. The third-order valence-electron chi connectivity index (χ3n) is 1.83. The van der Waals surface area contributed by atoms with E-state index in [1.807, 2.05) is 7.05 Å². The number of aryl methyl sites for hydroxylation is 1. The molecule has 0 saturated heterocycles. The Balaban J connectivity index is 3.39. The molecule has 1 rings (SSSR count). The first-order chi connectivity index (χ1) is 6.38. The third-order valence-corrected chi connectivity index (χ3v) is 2.56. The summed E-state index contributed by atoms with van der Waals surface area (Å²) >= 11 is 3.38. The smallest absolute Gasteiger partial charge is 0.242 e. The largest absolute Gasteiger partial charge is 0.269 e. The van der Waals surface area contributed by atoms with Crippen LogP contribution in [0.5, 0.6) is 0 Å². The number of aromatic nitrogens is 2. The Labute approximate surface area is 91.2 Å². The Morgan fingerprint density at radius 2 is 2.07 bits per heavy atom. The summed E-state index contributed by atoms with van der Waals surface area (Å²) in [5, 5.41) is 4.11. The van der Waals surface area contributed by atoms with E-state index in [0.29, 0.717) is 5.82 Å². The van der Waals surface area contributed by atoms with Crippen molar-refractivity contribution in [1.29, 1.82) is 0 Å². The van der Waals surface area contributed by atoms with Gasteiger partial charge in [0, 0.05) is 12.5 Å². The van der Waals surface area contributed by atoms with Gasteiger partial charge in [0.15, 0.2) is 0 Å². The molecule has 1 aromatic heterocycles. The lowest BCUT2D eigenvalue weighted by Crippen LogP contribution is -2.16. The number of nitrogens with zero attached hydrogens (tertiary/aromatic N) is 3. The first kappa shape index (κ1) is 11.1. The van der Waals surface area contributed by atoms with Gasteiger partial charge in [0.1, 0.15) is 0 Å².